The van der Waals surface area contributed by atoms with Crippen LogP contribution < -0.4 is 10.5 Å². The minimum absolute atomic E-state index is 0.00887. The Morgan fingerprint density at radius 2 is 2.10 bits per heavy atom. The van der Waals surface area contributed by atoms with Gasteiger partial charge in [0.2, 0.25) is 10.0 Å². The standard InChI is InChI=1S/C15H25N3O2S/c1-11(2)12-6-3-4-7-13(12)18-21(19,20)15-8-5-9-17-14(15)10-16/h5,8-9,11-13,18H,3-4,6-7,10,16H2,1-2H3. The molecule has 0 spiro atoms. The van der Waals surface area contributed by atoms with E-state index in [1.54, 1.807) is 18.3 Å². The Kier molecular flexibility index (Phi) is 5.35. The van der Waals surface area contributed by atoms with Gasteiger partial charge in [0, 0.05) is 18.8 Å². The fourth-order valence-electron chi connectivity index (χ4n) is 3.19. The number of pyridine rings is 1. The van der Waals surface area contributed by atoms with E-state index in [4.69, 9.17) is 5.73 Å². The SMILES string of the molecule is CC(C)C1CCCCC1NS(=O)(=O)c1cccnc1CN. The molecule has 21 heavy (non-hydrogen) atoms. The van der Waals surface area contributed by atoms with Crippen molar-refractivity contribution in [3.63, 3.8) is 0 Å². The van der Waals surface area contributed by atoms with Crippen LogP contribution >= 0.6 is 0 Å². The van der Waals surface area contributed by atoms with E-state index in [9.17, 15) is 8.42 Å². The molecule has 0 radical (unpaired) electrons. The van der Waals surface area contributed by atoms with Gasteiger partial charge in [-0.25, -0.2) is 13.1 Å². The molecule has 1 aromatic heterocycles. The molecule has 1 fully saturated rings. The summed E-state index contributed by atoms with van der Waals surface area (Å²) in [5.74, 6) is 0.868. The lowest BCUT2D eigenvalue weighted by atomic mass is 9.78. The maximum Gasteiger partial charge on any atom is 0.242 e. The summed E-state index contributed by atoms with van der Waals surface area (Å²) in [6, 6.07) is 3.22. The summed E-state index contributed by atoms with van der Waals surface area (Å²) >= 11 is 0. The highest BCUT2D eigenvalue weighted by atomic mass is 32.2. The van der Waals surface area contributed by atoms with Crippen LogP contribution in [-0.4, -0.2) is 19.4 Å². The fraction of sp³-hybridized carbons (Fsp3) is 0.667. The van der Waals surface area contributed by atoms with Crippen molar-refractivity contribution in [1.29, 1.82) is 0 Å². The topological polar surface area (TPSA) is 85.1 Å². The Morgan fingerprint density at radius 1 is 1.38 bits per heavy atom. The second kappa shape index (κ2) is 6.85. The normalized spacial score (nSPS) is 23.4. The van der Waals surface area contributed by atoms with E-state index in [2.05, 4.69) is 23.6 Å². The summed E-state index contributed by atoms with van der Waals surface area (Å²) in [4.78, 5) is 4.28. The van der Waals surface area contributed by atoms with Gasteiger partial charge in [0.1, 0.15) is 4.90 Å². The molecule has 0 saturated heterocycles. The van der Waals surface area contributed by atoms with Crippen LogP contribution in [0.3, 0.4) is 0 Å². The molecule has 2 unspecified atom stereocenters. The van der Waals surface area contributed by atoms with Crippen LogP contribution in [0.25, 0.3) is 0 Å². The van der Waals surface area contributed by atoms with Crippen molar-refractivity contribution in [3.05, 3.63) is 24.0 Å². The molecule has 2 rings (SSSR count). The third kappa shape index (κ3) is 3.81. The quantitative estimate of drug-likeness (QED) is 0.871. The highest BCUT2D eigenvalue weighted by molar-refractivity contribution is 7.89. The third-order valence-electron chi connectivity index (χ3n) is 4.31. The van der Waals surface area contributed by atoms with Crippen molar-refractivity contribution in [2.24, 2.45) is 17.6 Å². The Morgan fingerprint density at radius 3 is 2.76 bits per heavy atom. The number of nitrogens with zero attached hydrogens (tertiary/aromatic N) is 1. The molecule has 1 aromatic rings. The zero-order valence-electron chi connectivity index (χ0n) is 12.7. The molecular weight excluding hydrogens is 286 g/mol. The van der Waals surface area contributed by atoms with Gasteiger partial charge in [-0.2, -0.15) is 0 Å². The number of aromatic nitrogens is 1. The van der Waals surface area contributed by atoms with Crippen LogP contribution in [0, 0.1) is 11.8 Å². The first kappa shape index (κ1) is 16.4. The molecule has 1 saturated carbocycles. The molecule has 3 N–H and O–H groups in total. The van der Waals surface area contributed by atoms with Crippen LogP contribution in [0.4, 0.5) is 0 Å². The van der Waals surface area contributed by atoms with Gasteiger partial charge in [0.25, 0.3) is 0 Å². The third-order valence-corrected chi connectivity index (χ3v) is 5.88. The summed E-state index contributed by atoms with van der Waals surface area (Å²) in [7, 11) is -3.56. The number of nitrogens with one attached hydrogen (secondary N) is 1. The van der Waals surface area contributed by atoms with E-state index in [0.717, 1.165) is 19.3 Å². The second-order valence-electron chi connectivity index (χ2n) is 6.07. The minimum atomic E-state index is -3.56. The molecule has 0 bridgehead atoms. The second-order valence-corrected chi connectivity index (χ2v) is 7.75. The Balaban J connectivity index is 2.24. The largest absolute Gasteiger partial charge is 0.325 e. The monoisotopic (exact) mass is 311 g/mol. The highest BCUT2D eigenvalue weighted by Gasteiger charge is 2.32. The molecule has 0 aliphatic heterocycles. The van der Waals surface area contributed by atoms with Gasteiger partial charge < -0.3 is 5.73 Å². The molecule has 0 amide bonds. The van der Waals surface area contributed by atoms with Gasteiger partial charge in [-0.3, -0.25) is 4.98 Å². The van der Waals surface area contributed by atoms with Crippen molar-refractivity contribution >= 4 is 10.0 Å². The first-order chi connectivity index (χ1) is 9.95. The average molecular weight is 311 g/mol. The van der Waals surface area contributed by atoms with E-state index >= 15 is 0 Å². The first-order valence-electron chi connectivity index (χ1n) is 7.62. The summed E-state index contributed by atoms with van der Waals surface area (Å²) in [5.41, 5.74) is 6.02. The lowest BCUT2D eigenvalue weighted by Crippen LogP contribution is -2.44. The van der Waals surface area contributed by atoms with Crippen molar-refractivity contribution < 1.29 is 8.42 Å². The zero-order valence-corrected chi connectivity index (χ0v) is 13.6. The molecular formula is C15H25N3O2S. The van der Waals surface area contributed by atoms with E-state index < -0.39 is 10.0 Å². The van der Waals surface area contributed by atoms with E-state index in [-0.39, 0.29) is 17.5 Å². The average Bonchev–Trinajstić information content (AvgIpc) is 2.47. The summed E-state index contributed by atoms with van der Waals surface area (Å²) in [6.07, 6.45) is 5.82. The van der Waals surface area contributed by atoms with Crippen LogP contribution in [0.2, 0.25) is 0 Å². The zero-order chi connectivity index (χ0) is 15.5. The van der Waals surface area contributed by atoms with Gasteiger partial charge in [-0.1, -0.05) is 26.7 Å². The summed E-state index contributed by atoms with van der Waals surface area (Å²) in [6.45, 7) is 4.44. The summed E-state index contributed by atoms with van der Waals surface area (Å²) < 4.78 is 28.2. The number of sulfonamides is 1. The number of hydrogen-bond donors (Lipinski definition) is 2. The molecule has 1 aliphatic rings. The van der Waals surface area contributed by atoms with Gasteiger partial charge in [-0.05, 0) is 36.8 Å². The van der Waals surface area contributed by atoms with E-state index in [1.807, 2.05) is 0 Å². The van der Waals surface area contributed by atoms with Crippen molar-refractivity contribution in [2.45, 2.75) is 57.0 Å². The van der Waals surface area contributed by atoms with Crippen molar-refractivity contribution in [3.8, 4) is 0 Å². The van der Waals surface area contributed by atoms with Crippen molar-refractivity contribution in [1.82, 2.24) is 9.71 Å². The van der Waals surface area contributed by atoms with Gasteiger partial charge in [0.15, 0.2) is 0 Å². The van der Waals surface area contributed by atoms with E-state index in [1.165, 1.54) is 6.42 Å². The maximum atomic E-state index is 12.6. The number of nitrogens with two attached hydrogens (primary N) is 1. The summed E-state index contributed by atoms with van der Waals surface area (Å²) in [5, 5.41) is 0. The maximum absolute atomic E-state index is 12.6. The van der Waals surface area contributed by atoms with E-state index in [0.29, 0.717) is 17.5 Å². The molecule has 1 aliphatic carbocycles. The fourth-order valence-corrected chi connectivity index (χ4v) is 4.71. The lowest BCUT2D eigenvalue weighted by molar-refractivity contribution is 0.226. The van der Waals surface area contributed by atoms with Crippen LogP contribution in [0.1, 0.15) is 45.2 Å². The Hall–Kier alpha value is -0.980. The first-order valence-corrected chi connectivity index (χ1v) is 9.10. The van der Waals surface area contributed by atoms with Gasteiger partial charge in [0.05, 0.1) is 5.69 Å². The predicted molar refractivity (Wildman–Crippen MR) is 83.0 cm³/mol. The molecule has 1 heterocycles. The van der Waals surface area contributed by atoms with Crippen molar-refractivity contribution in [2.75, 3.05) is 0 Å². The van der Waals surface area contributed by atoms with Gasteiger partial charge in [-0.15, -0.1) is 0 Å². The molecule has 0 aromatic carbocycles. The van der Waals surface area contributed by atoms with Gasteiger partial charge >= 0.3 is 0 Å². The number of hydrogen-bond acceptors (Lipinski definition) is 4. The van der Waals surface area contributed by atoms with Crippen LogP contribution in [0.5, 0.6) is 0 Å². The Bertz CT molecular complexity index is 572. The molecule has 5 nitrogen and oxygen atoms in total. The molecule has 6 heteroatoms. The predicted octanol–water partition coefficient (Wildman–Crippen LogP) is 2.03. The highest BCUT2D eigenvalue weighted by Crippen LogP contribution is 2.31. The molecule has 2 atom stereocenters. The Labute approximate surface area is 127 Å². The minimum Gasteiger partial charge on any atom is -0.325 e. The number of rotatable bonds is 5. The van der Waals surface area contributed by atoms with Crippen LogP contribution in [0.15, 0.2) is 23.2 Å². The van der Waals surface area contributed by atoms with Crippen LogP contribution in [-0.2, 0) is 16.6 Å². The smallest absolute Gasteiger partial charge is 0.242 e. The lowest BCUT2D eigenvalue weighted by Gasteiger charge is -2.34. The molecule has 118 valence electrons.